The molecule has 0 aromatic heterocycles. The third-order valence-electron chi connectivity index (χ3n) is 1.25. The van der Waals surface area contributed by atoms with Crippen molar-refractivity contribution >= 4 is 29.5 Å². The zero-order valence-corrected chi connectivity index (χ0v) is 9.13. The van der Waals surface area contributed by atoms with Crippen LogP contribution in [0.3, 0.4) is 0 Å². The van der Waals surface area contributed by atoms with E-state index in [4.69, 9.17) is 9.84 Å². The smallest absolute Gasteiger partial charge is 0.414 e. The van der Waals surface area contributed by atoms with Crippen LogP contribution in [0.25, 0.3) is 0 Å². The highest BCUT2D eigenvalue weighted by Crippen LogP contribution is 1.91. The molecule has 15 heavy (non-hydrogen) atoms. The number of carboxylic acid groups (broad SMARTS) is 1. The summed E-state index contributed by atoms with van der Waals surface area (Å²) in [6, 6.07) is 0. The Morgan fingerprint density at radius 2 is 2.07 bits per heavy atom. The summed E-state index contributed by atoms with van der Waals surface area (Å²) in [4.78, 5) is 20.9. The first-order valence-electron chi connectivity index (χ1n) is 4.38. The maximum absolute atomic E-state index is 10.8. The van der Waals surface area contributed by atoms with Crippen molar-refractivity contribution in [2.45, 2.75) is 19.8 Å². The molecule has 0 radical (unpaired) electrons. The summed E-state index contributed by atoms with van der Waals surface area (Å²) in [5.41, 5.74) is 0. The Labute approximate surface area is 92.5 Å². The first-order valence-corrected chi connectivity index (χ1v) is 4.79. The van der Waals surface area contributed by atoms with Crippen molar-refractivity contribution in [1.82, 2.24) is 5.32 Å². The van der Waals surface area contributed by atoms with E-state index in [0.717, 1.165) is 0 Å². The number of aliphatic carboxylic acids is 1. The van der Waals surface area contributed by atoms with Crippen LogP contribution in [0.1, 0.15) is 19.8 Å². The molecule has 0 rings (SSSR count). The van der Waals surface area contributed by atoms with Gasteiger partial charge < -0.3 is 14.6 Å². The molecule has 7 heteroatoms. The first kappa shape index (κ1) is 13.6. The highest BCUT2D eigenvalue weighted by atomic mass is 32.1. The second-order valence-electron chi connectivity index (χ2n) is 2.48. The maximum atomic E-state index is 10.8. The number of amides is 1. The molecular formula is C8H13NO5S. The number of carboxylic acids is 1. The van der Waals surface area contributed by atoms with Crippen LogP contribution < -0.4 is 5.32 Å². The van der Waals surface area contributed by atoms with E-state index in [1.54, 1.807) is 6.92 Å². The zero-order chi connectivity index (χ0) is 11.7. The first-order chi connectivity index (χ1) is 7.06. The fourth-order valence-electron chi connectivity index (χ4n) is 0.675. The van der Waals surface area contributed by atoms with Gasteiger partial charge in [-0.25, -0.2) is 4.79 Å². The van der Waals surface area contributed by atoms with Gasteiger partial charge >= 0.3 is 12.1 Å². The van der Waals surface area contributed by atoms with Crippen molar-refractivity contribution in [3.63, 3.8) is 0 Å². The molecule has 0 aliphatic heterocycles. The quantitative estimate of drug-likeness (QED) is 0.544. The van der Waals surface area contributed by atoms with Gasteiger partial charge in [0.25, 0.3) is 5.17 Å². The Morgan fingerprint density at radius 1 is 1.40 bits per heavy atom. The Balaban J connectivity index is 3.49. The summed E-state index contributed by atoms with van der Waals surface area (Å²) >= 11 is 4.64. The number of ether oxygens (including phenoxy) is 2. The molecule has 0 aliphatic rings. The second-order valence-corrected chi connectivity index (χ2v) is 2.85. The summed E-state index contributed by atoms with van der Waals surface area (Å²) in [5.74, 6) is -0.900. The predicted molar refractivity (Wildman–Crippen MR) is 55.6 cm³/mol. The molecule has 86 valence electrons. The monoisotopic (exact) mass is 235 g/mol. The molecule has 1 amide bonds. The molecule has 0 spiro atoms. The minimum atomic E-state index is -0.900. The van der Waals surface area contributed by atoms with E-state index in [1.807, 2.05) is 0 Å². The van der Waals surface area contributed by atoms with E-state index in [0.29, 0.717) is 6.42 Å². The molecule has 0 aromatic rings. The topological polar surface area (TPSA) is 84.9 Å². The molecule has 0 saturated carbocycles. The van der Waals surface area contributed by atoms with Crippen molar-refractivity contribution in [2.24, 2.45) is 0 Å². The van der Waals surface area contributed by atoms with E-state index < -0.39 is 12.1 Å². The van der Waals surface area contributed by atoms with E-state index in [1.165, 1.54) is 0 Å². The molecule has 0 fully saturated rings. The zero-order valence-electron chi connectivity index (χ0n) is 8.32. The Bertz CT molecular complexity index is 243. The molecule has 0 aromatic carbocycles. The number of alkyl carbamates (subject to hydrolysis) is 1. The molecule has 0 saturated heterocycles. The number of carbonyl (C=O) groups is 2. The van der Waals surface area contributed by atoms with Crippen molar-refractivity contribution in [1.29, 1.82) is 0 Å². The average Bonchev–Trinajstić information content (AvgIpc) is 2.12. The van der Waals surface area contributed by atoms with Gasteiger partial charge in [0.1, 0.15) is 0 Å². The molecule has 2 N–H and O–H groups in total. The molecule has 0 bridgehead atoms. The highest BCUT2D eigenvalue weighted by Gasteiger charge is 2.05. The number of hydrogen-bond acceptors (Lipinski definition) is 5. The SMILES string of the molecule is CCOC(=O)NC(=S)OCCCC(=O)O. The largest absolute Gasteiger partial charge is 0.481 e. The van der Waals surface area contributed by atoms with Gasteiger partial charge in [0, 0.05) is 6.42 Å². The number of carbonyl (C=O) groups excluding carboxylic acids is 1. The summed E-state index contributed by atoms with van der Waals surface area (Å²) < 4.78 is 9.41. The van der Waals surface area contributed by atoms with Crippen molar-refractivity contribution in [2.75, 3.05) is 13.2 Å². The van der Waals surface area contributed by atoms with Crippen LogP contribution >= 0.6 is 12.2 Å². The standard InChI is InChI=1S/C8H13NO5S/c1-2-13-7(12)9-8(15)14-5-3-4-6(10)11/h2-5H2,1H3,(H,10,11)(H,9,12,15). The van der Waals surface area contributed by atoms with Crippen LogP contribution in [0.15, 0.2) is 0 Å². The lowest BCUT2D eigenvalue weighted by molar-refractivity contribution is -0.137. The number of nitrogens with one attached hydrogen (secondary N) is 1. The van der Waals surface area contributed by atoms with Crippen LogP contribution in [0.2, 0.25) is 0 Å². The summed E-state index contributed by atoms with van der Waals surface area (Å²) in [7, 11) is 0. The van der Waals surface area contributed by atoms with Crippen LogP contribution in [0.5, 0.6) is 0 Å². The highest BCUT2D eigenvalue weighted by molar-refractivity contribution is 7.80. The lowest BCUT2D eigenvalue weighted by Crippen LogP contribution is -2.31. The van der Waals surface area contributed by atoms with Crippen LogP contribution in [-0.2, 0) is 14.3 Å². The Hall–Kier alpha value is -1.37. The average molecular weight is 235 g/mol. The molecule has 0 aliphatic carbocycles. The van der Waals surface area contributed by atoms with Crippen LogP contribution in [0.4, 0.5) is 4.79 Å². The van der Waals surface area contributed by atoms with E-state index >= 15 is 0 Å². The van der Waals surface area contributed by atoms with Crippen LogP contribution in [0, 0.1) is 0 Å². The van der Waals surface area contributed by atoms with Gasteiger partial charge in [-0.1, -0.05) is 0 Å². The number of thiocarbonyl (C=S) groups is 1. The molecular weight excluding hydrogens is 222 g/mol. The van der Waals surface area contributed by atoms with Gasteiger partial charge in [-0.2, -0.15) is 0 Å². The molecule has 0 atom stereocenters. The lowest BCUT2D eigenvalue weighted by atomic mass is 10.3. The summed E-state index contributed by atoms with van der Waals surface area (Å²) in [6.07, 6.45) is -0.345. The maximum Gasteiger partial charge on any atom is 0.414 e. The number of hydrogen-bond donors (Lipinski definition) is 2. The number of rotatable bonds is 5. The van der Waals surface area contributed by atoms with Crippen molar-refractivity contribution < 1.29 is 24.2 Å². The van der Waals surface area contributed by atoms with Gasteiger partial charge in [-0.15, -0.1) is 0 Å². The molecule has 0 heterocycles. The minimum absolute atomic E-state index is 0.00200. The molecule has 0 unspecified atom stereocenters. The molecule has 6 nitrogen and oxygen atoms in total. The van der Waals surface area contributed by atoms with Crippen molar-refractivity contribution in [3.8, 4) is 0 Å². The lowest BCUT2D eigenvalue weighted by Gasteiger charge is -2.07. The third-order valence-corrected chi connectivity index (χ3v) is 1.47. The van der Waals surface area contributed by atoms with Crippen LogP contribution in [-0.4, -0.2) is 35.6 Å². The fraction of sp³-hybridized carbons (Fsp3) is 0.625. The van der Waals surface area contributed by atoms with Gasteiger partial charge in [0.2, 0.25) is 0 Å². The minimum Gasteiger partial charge on any atom is -0.481 e. The van der Waals surface area contributed by atoms with Gasteiger partial charge in [0.15, 0.2) is 0 Å². The Kier molecular flexibility index (Phi) is 7.25. The van der Waals surface area contributed by atoms with Gasteiger partial charge in [0.05, 0.1) is 13.2 Å². The summed E-state index contributed by atoms with van der Waals surface area (Å²) in [5, 5.41) is 10.4. The predicted octanol–water partition coefficient (Wildman–Crippen LogP) is 0.899. The van der Waals surface area contributed by atoms with E-state index in [2.05, 4.69) is 22.3 Å². The Morgan fingerprint density at radius 3 is 2.60 bits per heavy atom. The second kappa shape index (κ2) is 7.98. The normalized spacial score (nSPS) is 9.13. The van der Waals surface area contributed by atoms with Gasteiger partial charge in [-0.3, -0.25) is 10.1 Å². The van der Waals surface area contributed by atoms with Crippen molar-refractivity contribution in [3.05, 3.63) is 0 Å². The van der Waals surface area contributed by atoms with Gasteiger partial charge in [-0.05, 0) is 25.6 Å². The van der Waals surface area contributed by atoms with E-state index in [9.17, 15) is 9.59 Å². The summed E-state index contributed by atoms with van der Waals surface area (Å²) in [6.45, 7) is 2.06. The fourth-order valence-corrected chi connectivity index (χ4v) is 0.842. The van der Waals surface area contributed by atoms with E-state index in [-0.39, 0.29) is 24.8 Å². The third kappa shape index (κ3) is 8.95.